The molecule has 0 aromatic heterocycles. The van der Waals surface area contributed by atoms with Gasteiger partial charge in [0.2, 0.25) is 20.0 Å². The van der Waals surface area contributed by atoms with Crippen LogP contribution in [-0.2, 0) is 20.0 Å². The molecule has 2 aromatic rings. The number of sulfonamides is 2. The van der Waals surface area contributed by atoms with Crippen LogP contribution in [0.15, 0.2) is 52.3 Å². The van der Waals surface area contributed by atoms with Crippen molar-refractivity contribution in [2.45, 2.75) is 22.8 Å². The van der Waals surface area contributed by atoms with E-state index in [0.29, 0.717) is 17.7 Å². The molecule has 3 N–H and O–H groups in total. The van der Waals surface area contributed by atoms with Crippen LogP contribution in [0.4, 0.5) is 8.78 Å². The first kappa shape index (κ1) is 18.5. The first-order valence-corrected chi connectivity index (χ1v) is 9.64. The fourth-order valence-electron chi connectivity index (χ4n) is 1.97. The summed E-state index contributed by atoms with van der Waals surface area (Å²) >= 11 is 0. The third-order valence-corrected chi connectivity index (χ3v) is 5.67. The average Bonchev–Trinajstić information content (AvgIpc) is 2.48. The quantitative estimate of drug-likeness (QED) is 0.827. The van der Waals surface area contributed by atoms with Crippen LogP contribution >= 0.6 is 0 Å². The van der Waals surface area contributed by atoms with Crippen molar-refractivity contribution in [3.8, 4) is 0 Å². The maximum atomic E-state index is 13.2. The first-order valence-electron chi connectivity index (χ1n) is 6.61. The smallest absolute Gasteiger partial charge is 0.225 e. The largest absolute Gasteiger partial charge is 0.241 e. The van der Waals surface area contributed by atoms with Crippen molar-refractivity contribution in [2.24, 2.45) is 5.14 Å². The molecular formula is C14H14F2N2O4S2. The van der Waals surface area contributed by atoms with Crippen molar-refractivity contribution in [3.05, 3.63) is 59.7 Å². The lowest BCUT2D eigenvalue weighted by Crippen LogP contribution is -2.27. The van der Waals surface area contributed by atoms with Crippen molar-refractivity contribution in [2.75, 3.05) is 0 Å². The Balaban J connectivity index is 2.31. The summed E-state index contributed by atoms with van der Waals surface area (Å²) in [6.07, 6.45) is 0. The fourth-order valence-corrected chi connectivity index (χ4v) is 3.79. The minimum absolute atomic E-state index is 0.168. The highest BCUT2D eigenvalue weighted by molar-refractivity contribution is 7.89. The van der Waals surface area contributed by atoms with Crippen molar-refractivity contribution in [1.82, 2.24) is 4.72 Å². The lowest BCUT2D eigenvalue weighted by molar-refractivity contribution is 0.503. The van der Waals surface area contributed by atoms with Gasteiger partial charge in [-0.05, 0) is 42.8 Å². The highest BCUT2D eigenvalue weighted by Gasteiger charge is 2.21. The van der Waals surface area contributed by atoms with Crippen molar-refractivity contribution < 1.29 is 25.6 Å². The van der Waals surface area contributed by atoms with Crippen molar-refractivity contribution in [3.63, 3.8) is 0 Å². The summed E-state index contributed by atoms with van der Waals surface area (Å²) in [6, 6.07) is 6.79. The number of halogens is 2. The van der Waals surface area contributed by atoms with E-state index in [2.05, 4.69) is 4.72 Å². The molecule has 2 rings (SSSR count). The molecule has 0 aliphatic heterocycles. The average molecular weight is 376 g/mol. The molecule has 1 unspecified atom stereocenters. The molecule has 0 saturated heterocycles. The number of hydrogen-bond donors (Lipinski definition) is 2. The zero-order chi connectivity index (χ0) is 18.1. The molecule has 0 fully saturated rings. The Hall–Kier alpha value is -1.88. The summed E-state index contributed by atoms with van der Waals surface area (Å²) in [5, 5.41) is 5.03. The van der Waals surface area contributed by atoms with Crippen molar-refractivity contribution >= 4 is 20.0 Å². The van der Waals surface area contributed by atoms with E-state index in [4.69, 9.17) is 5.14 Å². The summed E-state index contributed by atoms with van der Waals surface area (Å²) < 4.78 is 75.5. The maximum absolute atomic E-state index is 13.2. The van der Waals surface area contributed by atoms with E-state index in [-0.39, 0.29) is 4.90 Å². The van der Waals surface area contributed by atoms with E-state index < -0.39 is 42.6 Å². The minimum Gasteiger partial charge on any atom is -0.225 e. The standard InChI is InChI=1S/C14H14F2N2O4S2/c1-9(10-3-2-4-11(7-10)23(17,19)20)18-24(21,22)12-5-6-13(15)14(16)8-12/h2-9,18H,1H3,(H2,17,19,20). The second kappa shape index (κ2) is 6.55. The molecule has 130 valence electrons. The third-order valence-electron chi connectivity index (χ3n) is 3.22. The molecule has 2 aromatic carbocycles. The van der Waals surface area contributed by atoms with Crippen LogP contribution in [0.5, 0.6) is 0 Å². The van der Waals surface area contributed by atoms with E-state index in [1.807, 2.05) is 0 Å². The lowest BCUT2D eigenvalue weighted by Gasteiger charge is -2.15. The predicted molar refractivity (Wildman–Crippen MR) is 82.9 cm³/mol. The van der Waals surface area contributed by atoms with Crippen LogP contribution in [0, 0.1) is 11.6 Å². The second-order valence-corrected chi connectivity index (χ2v) is 8.31. The Labute approximate surface area is 138 Å². The second-order valence-electron chi connectivity index (χ2n) is 5.04. The summed E-state index contributed by atoms with van der Waals surface area (Å²) in [5.74, 6) is -2.45. The zero-order valence-electron chi connectivity index (χ0n) is 12.4. The van der Waals surface area contributed by atoms with Gasteiger partial charge in [0.25, 0.3) is 0 Å². The number of rotatable bonds is 5. The number of primary sulfonamides is 1. The van der Waals surface area contributed by atoms with Gasteiger partial charge in [0.15, 0.2) is 11.6 Å². The number of nitrogens with two attached hydrogens (primary N) is 1. The van der Waals surface area contributed by atoms with Gasteiger partial charge < -0.3 is 0 Å². The molecule has 6 nitrogen and oxygen atoms in total. The van der Waals surface area contributed by atoms with Crippen LogP contribution in [0.2, 0.25) is 0 Å². The Bertz CT molecular complexity index is 976. The summed E-state index contributed by atoms with van der Waals surface area (Å²) in [7, 11) is -8.07. The maximum Gasteiger partial charge on any atom is 0.241 e. The molecule has 24 heavy (non-hydrogen) atoms. The van der Waals surface area contributed by atoms with Gasteiger partial charge in [-0.1, -0.05) is 12.1 Å². The van der Waals surface area contributed by atoms with E-state index in [1.165, 1.54) is 31.2 Å². The molecule has 0 aliphatic carbocycles. The van der Waals surface area contributed by atoms with E-state index >= 15 is 0 Å². The topological polar surface area (TPSA) is 106 Å². The molecule has 0 bridgehead atoms. The Kier molecular flexibility index (Phi) is 5.04. The van der Waals surface area contributed by atoms with Gasteiger partial charge in [-0.3, -0.25) is 0 Å². The fraction of sp³-hybridized carbons (Fsp3) is 0.143. The Morgan fingerprint density at radius 2 is 1.62 bits per heavy atom. The molecule has 0 spiro atoms. The first-order chi connectivity index (χ1) is 11.0. The third kappa shape index (κ3) is 4.15. The SMILES string of the molecule is CC(NS(=O)(=O)c1ccc(F)c(F)c1)c1cccc(S(N)(=O)=O)c1. The van der Waals surface area contributed by atoms with E-state index in [1.54, 1.807) is 0 Å². The highest BCUT2D eigenvalue weighted by atomic mass is 32.2. The summed E-state index contributed by atoms with van der Waals surface area (Å²) in [5.41, 5.74) is 0.340. The van der Waals surface area contributed by atoms with Gasteiger partial charge in [-0.15, -0.1) is 0 Å². The minimum atomic E-state index is -4.13. The lowest BCUT2D eigenvalue weighted by atomic mass is 10.1. The normalized spacial score (nSPS) is 13.7. The molecule has 0 radical (unpaired) electrons. The Morgan fingerprint density at radius 3 is 2.21 bits per heavy atom. The number of nitrogens with one attached hydrogen (secondary N) is 1. The highest BCUT2D eigenvalue weighted by Crippen LogP contribution is 2.20. The molecular weight excluding hydrogens is 362 g/mol. The molecule has 10 heteroatoms. The zero-order valence-corrected chi connectivity index (χ0v) is 14.0. The number of hydrogen-bond acceptors (Lipinski definition) is 4. The molecule has 0 heterocycles. The predicted octanol–water partition coefficient (Wildman–Crippen LogP) is 1.65. The van der Waals surface area contributed by atoms with E-state index in [9.17, 15) is 25.6 Å². The monoisotopic (exact) mass is 376 g/mol. The Morgan fingerprint density at radius 1 is 0.958 bits per heavy atom. The van der Waals surface area contributed by atoms with Crippen molar-refractivity contribution in [1.29, 1.82) is 0 Å². The number of benzene rings is 2. The molecule has 1 atom stereocenters. The van der Waals surface area contributed by atoms with Crippen LogP contribution in [-0.4, -0.2) is 16.8 Å². The van der Waals surface area contributed by atoms with Crippen LogP contribution in [0.1, 0.15) is 18.5 Å². The van der Waals surface area contributed by atoms with Gasteiger partial charge in [-0.2, -0.15) is 0 Å². The van der Waals surface area contributed by atoms with Crippen LogP contribution < -0.4 is 9.86 Å². The van der Waals surface area contributed by atoms with Gasteiger partial charge in [0, 0.05) is 6.04 Å². The summed E-state index contributed by atoms with van der Waals surface area (Å²) in [4.78, 5) is -0.616. The summed E-state index contributed by atoms with van der Waals surface area (Å²) in [6.45, 7) is 1.47. The molecule has 0 amide bonds. The molecule has 0 saturated carbocycles. The van der Waals surface area contributed by atoms with Crippen LogP contribution in [0.3, 0.4) is 0 Å². The van der Waals surface area contributed by atoms with Gasteiger partial charge in [-0.25, -0.2) is 35.5 Å². The molecule has 0 aliphatic rings. The van der Waals surface area contributed by atoms with Gasteiger partial charge in [0.05, 0.1) is 9.79 Å². The van der Waals surface area contributed by atoms with Crippen LogP contribution in [0.25, 0.3) is 0 Å². The van der Waals surface area contributed by atoms with Gasteiger partial charge >= 0.3 is 0 Å². The van der Waals surface area contributed by atoms with E-state index in [0.717, 1.165) is 6.07 Å². The van der Waals surface area contributed by atoms with Gasteiger partial charge in [0.1, 0.15) is 0 Å².